The first-order chi connectivity index (χ1) is 11.7. The van der Waals surface area contributed by atoms with Crippen molar-refractivity contribution in [3.63, 3.8) is 0 Å². The Balaban J connectivity index is 1.51. The topological polar surface area (TPSA) is 42.0 Å². The van der Waals surface area contributed by atoms with Gasteiger partial charge in [0.05, 0.1) is 11.1 Å². The molecule has 1 radical (unpaired) electrons. The third-order valence-electron chi connectivity index (χ3n) is 3.51. The lowest BCUT2D eigenvalue weighted by Crippen LogP contribution is -1.98. The van der Waals surface area contributed by atoms with Crippen molar-refractivity contribution in [2.75, 3.05) is 5.32 Å². The van der Waals surface area contributed by atoms with Crippen LogP contribution in [0.5, 0.6) is 0 Å². The second-order valence-electron chi connectivity index (χ2n) is 5.20. The molecule has 3 aromatic rings. The summed E-state index contributed by atoms with van der Waals surface area (Å²) in [6.45, 7) is 1.84. The van der Waals surface area contributed by atoms with Gasteiger partial charge in [-0.05, 0) is 24.5 Å². The van der Waals surface area contributed by atoms with Crippen LogP contribution in [0.4, 0.5) is 9.52 Å². The molecule has 5 heteroatoms. The van der Waals surface area contributed by atoms with Crippen LogP contribution in [0.2, 0.25) is 0 Å². The number of anilines is 1. The summed E-state index contributed by atoms with van der Waals surface area (Å²) < 4.78 is 13.5. The highest BCUT2D eigenvalue weighted by Gasteiger charge is 2.12. The third kappa shape index (κ3) is 4.06. The predicted octanol–water partition coefficient (Wildman–Crippen LogP) is 4.72. The van der Waals surface area contributed by atoms with Crippen molar-refractivity contribution in [1.29, 1.82) is 0 Å². The second kappa shape index (κ2) is 7.84. The van der Waals surface area contributed by atoms with Gasteiger partial charge < -0.3 is 5.32 Å². The maximum Gasteiger partial charge on any atom is 0.204 e. The highest BCUT2D eigenvalue weighted by Crippen LogP contribution is 2.22. The molecule has 0 unspecified atom stereocenters. The molecule has 0 bridgehead atoms. The van der Waals surface area contributed by atoms with Gasteiger partial charge in [-0.25, -0.2) is 9.37 Å². The minimum absolute atomic E-state index is 0.0347. The van der Waals surface area contributed by atoms with Crippen LogP contribution in [0, 0.1) is 12.4 Å². The van der Waals surface area contributed by atoms with E-state index in [-0.39, 0.29) is 11.6 Å². The van der Waals surface area contributed by atoms with Gasteiger partial charge in [0.25, 0.3) is 0 Å². The zero-order valence-corrected chi connectivity index (χ0v) is 13.7. The number of hydrogen-bond donors (Lipinski definition) is 1. The number of carbonyl (C=O) groups is 1. The van der Waals surface area contributed by atoms with Crippen LogP contribution < -0.4 is 5.32 Å². The summed E-state index contributed by atoms with van der Waals surface area (Å²) in [6, 6.07) is 15.9. The van der Waals surface area contributed by atoms with Crippen LogP contribution in [0.1, 0.15) is 27.2 Å². The van der Waals surface area contributed by atoms with Gasteiger partial charge in [-0.15, -0.1) is 0 Å². The number of carbonyl (C=O) groups excluding carboxylic acids is 1. The van der Waals surface area contributed by atoms with Crippen molar-refractivity contribution in [2.24, 2.45) is 0 Å². The molecule has 121 valence electrons. The number of nitrogens with zero attached hydrogens (tertiary/aromatic N) is 1. The van der Waals surface area contributed by atoms with Crippen molar-refractivity contribution in [3.05, 3.63) is 89.2 Å². The maximum absolute atomic E-state index is 13.5. The van der Waals surface area contributed by atoms with Crippen LogP contribution in [0.15, 0.2) is 60.8 Å². The summed E-state index contributed by atoms with van der Waals surface area (Å²) in [4.78, 5) is 17.1. The number of aryl methyl sites for hydroxylation is 1. The fourth-order valence-corrected chi connectivity index (χ4v) is 3.04. The molecule has 0 atom stereocenters. The Morgan fingerprint density at radius 2 is 1.88 bits per heavy atom. The van der Waals surface area contributed by atoms with Gasteiger partial charge in [-0.3, -0.25) is 4.79 Å². The van der Waals surface area contributed by atoms with Crippen LogP contribution in [0.3, 0.4) is 0 Å². The highest BCUT2D eigenvalue weighted by molar-refractivity contribution is 7.17. The fraction of sp³-hybridized carbons (Fsp3) is 0.105. The quantitative estimate of drug-likeness (QED) is 0.500. The summed E-state index contributed by atoms with van der Waals surface area (Å²) in [5.41, 5.74) is 1.34. The van der Waals surface area contributed by atoms with Crippen LogP contribution in [-0.4, -0.2) is 10.8 Å². The van der Waals surface area contributed by atoms with Crippen LogP contribution >= 0.6 is 11.3 Å². The van der Waals surface area contributed by atoms with E-state index in [2.05, 4.69) is 10.3 Å². The first-order valence-electron chi connectivity index (χ1n) is 7.61. The lowest BCUT2D eigenvalue weighted by molar-refractivity contribution is 0.104. The van der Waals surface area contributed by atoms with E-state index < -0.39 is 0 Å². The largest absolute Gasteiger partial charge is 0.357 e. The average Bonchev–Trinajstić information content (AvgIpc) is 3.09. The third-order valence-corrected chi connectivity index (χ3v) is 4.43. The Labute approximate surface area is 144 Å². The normalized spacial score (nSPS) is 10.5. The van der Waals surface area contributed by atoms with E-state index in [9.17, 15) is 9.18 Å². The first-order valence-corrected chi connectivity index (χ1v) is 8.43. The zero-order chi connectivity index (χ0) is 16.8. The summed E-state index contributed by atoms with van der Waals surface area (Å²) in [5.74, 6) is -0.219. The Kier molecular flexibility index (Phi) is 5.33. The first kappa shape index (κ1) is 16.3. The van der Waals surface area contributed by atoms with Crippen molar-refractivity contribution >= 4 is 22.3 Å². The number of ketones is 1. The Bertz CT molecular complexity index is 817. The molecular weight excluding hydrogens is 323 g/mol. The van der Waals surface area contributed by atoms with E-state index in [1.807, 2.05) is 30.8 Å². The Hall–Kier alpha value is -2.53. The molecular formula is C19H16FN2OS. The van der Waals surface area contributed by atoms with Crippen molar-refractivity contribution in [2.45, 2.75) is 12.8 Å². The van der Waals surface area contributed by atoms with Crippen molar-refractivity contribution in [3.8, 4) is 0 Å². The summed E-state index contributed by atoms with van der Waals surface area (Å²) >= 11 is 1.31. The number of aromatic nitrogens is 1. The minimum atomic E-state index is -0.184. The SMILES string of the molecule is O=C(c1ccccc1)c1cnc(N[CH]CCc2ccccc2F)s1. The molecule has 3 rings (SSSR count). The number of thiazole rings is 1. The van der Waals surface area contributed by atoms with E-state index >= 15 is 0 Å². The number of halogens is 1. The van der Waals surface area contributed by atoms with Crippen LogP contribution in [0.25, 0.3) is 0 Å². The fourth-order valence-electron chi connectivity index (χ4n) is 2.27. The number of benzene rings is 2. The molecule has 1 N–H and O–H groups in total. The van der Waals surface area contributed by atoms with E-state index in [1.54, 1.807) is 30.5 Å². The molecule has 0 aliphatic carbocycles. The molecule has 0 saturated carbocycles. The average molecular weight is 339 g/mol. The van der Waals surface area contributed by atoms with Gasteiger partial charge in [0.15, 0.2) is 5.13 Å². The molecule has 24 heavy (non-hydrogen) atoms. The van der Waals surface area contributed by atoms with E-state index in [0.29, 0.717) is 34.0 Å². The molecule has 1 heterocycles. The molecule has 0 aliphatic rings. The predicted molar refractivity (Wildman–Crippen MR) is 94.6 cm³/mol. The smallest absolute Gasteiger partial charge is 0.204 e. The highest BCUT2D eigenvalue weighted by atomic mass is 32.1. The standard InChI is InChI=1S/C19H16FN2OS/c20-16-11-5-4-7-14(16)10-6-12-21-19-22-13-17(24-19)18(23)15-8-2-1-3-9-15/h1-5,7-9,11-13H,6,10H2,(H,21,22). The lowest BCUT2D eigenvalue weighted by atomic mass is 10.1. The second-order valence-corrected chi connectivity index (χ2v) is 6.23. The van der Waals surface area contributed by atoms with Crippen molar-refractivity contribution in [1.82, 2.24) is 4.98 Å². The number of hydrogen-bond acceptors (Lipinski definition) is 4. The van der Waals surface area contributed by atoms with Crippen molar-refractivity contribution < 1.29 is 9.18 Å². The monoisotopic (exact) mass is 339 g/mol. The van der Waals surface area contributed by atoms with Gasteiger partial charge in [0.1, 0.15) is 5.82 Å². The summed E-state index contributed by atoms with van der Waals surface area (Å²) in [6.07, 6.45) is 2.86. The zero-order valence-electron chi connectivity index (χ0n) is 12.9. The molecule has 0 fully saturated rings. The van der Waals surface area contributed by atoms with E-state index in [1.165, 1.54) is 17.4 Å². The maximum atomic E-state index is 13.5. The van der Waals surface area contributed by atoms with Gasteiger partial charge >= 0.3 is 0 Å². The summed E-state index contributed by atoms with van der Waals surface area (Å²) in [5, 5.41) is 3.72. The molecule has 1 aromatic heterocycles. The van der Waals surface area contributed by atoms with Crippen LogP contribution in [-0.2, 0) is 6.42 Å². The minimum Gasteiger partial charge on any atom is -0.357 e. The Morgan fingerprint density at radius 3 is 2.67 bits per heavy atom. The molecule has 0 aliphatic heterocycles. The Morgan fingerprint density at radius 1 is 1.12 bits per heavy atom. The molecule has 0 saturated heterocycles. The lowest BCUT2D eigenvalue weighted by Gasteiger charge is -2.03. The van der Waals surface area contributed by atoms with E-state index in [4.69, 9.17) is 0 Å². The molecule has 3 nitrogen and oxygen atoms in total. The summed E-state index contributed by atoms with van der Waals surface area (Å²) in [7, 11) is 0. The molecule has 0 spiro atoms. The number of nitrogens with one attached hydrogen (secondary N) is 1. The number of rotatable bonds is 7. The van der Waals surface area contributed by atoms with Gasteiger partial charge in [0.2, 0.25) is 5.78 Å². The van der Waals surface area contributed by atoms with E-state index in [0.717, 1.165) is 0 Å². The van der Waals surface area contributed by atoms with Gasteiger partial charge in [0, 0.05) is 12.1 Å². The molecule has 0 amide bonds. The molecule has 2 aromatic carbocycles. The van der Waals surface area contributed by atoms with Gasteiger partial charge in [-0.1, -0.05) is 59.9 Å². The van der Waals surface area contributed by atoms with Gasteiger partial charge in [-0.2, -0.15) is 0 Å².